The summed E-state index contributed by atoms with van der Waals surface area (Å²) in [5, 5.41) is 0.137. The molecule has 2 rings (SSSR count). The first kappa shape index (κ1) is 13.6. The van der Waals surface area contributed by atoms with Crippen LogP contribution in [0, 0.1) is 6.92 Å². The summed E-state index contributed by atoms with van der Waals surface area (Å²) in [5.74, 6) is 0. The van der Waals surface area contributed by atoms with E-state index in [1.807, 2.05) is 38.1 Å². The summed E-state index contributed by atoms with van der Waals surface area (Å²) in [7, 11) is 0. The molecule has 0 aliphatic rings. The highest BCUT2D eigenvalue weighted by atomic mass is 35.5. The van der Waals surface area contributed by atoms with Crippen LogP contribution in [0.1, 0.15) is 23.6 Å². The Hall–Kier alpha value is -1.81. The smallest absolute Gasteiger partial charge is 0.297 e. The number of aryl methyl sites for hydroxylation is 1. The Bertz CT molecular complexity index is 716. The van der Waals surface area contributed by atoms with Gasteiger partial charge in [-0.25, -0.2) is 4.79 Å². The molecule has 19 heavy (non-hydrogen) atoms. The Balaban J connectivity index is 2.52. The van der Waals surface area contributed by atoms with Crippen molar-refractivity contribution in [2.75, 3.05) is 0 Å². The highest BCUT2D eigenvalue weighted by molar-refractivity contribution is 6.30. The molecule has 2 aromatic rings. The Morgan fingerprint density at radius 2 is 2.05 bits per heavy atom. The molecular weight excluding hydrogens is 264 g/mol. The second-order valence-electron chi connectivity index (χ2n) is 4.46. The fraction of sp³-hybridized carbons (Fsp3) is 0.286. The summed E-state index contributed by atoms with van der Waals surface area (Å²) in [6.07, 6.45) is 0.488. The molecule has 0 spiro atoms. The van der Waals surface area contributed by atoms with E-state index in [4.69, 9.17) is 11.6 Å². The van der Waals surface area contributed by atoms with E-state index in [-0.39, 0.29) is 17.3 Å². The second-order valence-corrected chi connectivity index (χ2v) is 4.83. The molecule has 1 heterocycles. The number of H-pyrrole nitrogens is 1. The highest BCUT2D eigenvalue weighted by Crippen LogP contribution is 2.08. The molecule has 4 nitrogen and oxygen atoms in total. The minimum atomic E-state index is -0.478. The maximum absolute atomic E-state index is 12.2. The standard InChI is InChI=1S/C14H15ClN2O2/c1-3-11-12(15)16-14(19)17(13(11)18)8-10-6-4-5-9(2)7-10/h4-7H,3,8H2,1-2H3,(H,16,19). The predicted molar refractivity (Wildman–Crippen MR) is 76.0 cm³/mol. The third kappa shape index (κ3) is 2.79. The maximum Gasteiger partial charge on any atom is 0.329 e. The van der Waals surface area contributed by atoms with E-state index in [9.17, 15) is 9.59 Å². The van der Waals surface area contributed by atoms with E-state index in [1.54, 1.807) is 0 Å². The van der Waals surface area contributed by atoms with Crippen LogP contribution in [-0.2, 0) is 13.0 Å². The van der Waals surface area contributed by atoms with Crippen molar-refractivity contribution in [2.24, 2.45) is 0 Å². The van der Waals surface area contributed by atoms with Gasteiger partial charge in [0.05, 0.1) is 12.1 Å². The fourth-order valence-corrected chi connectivity index (χ4v) is 2.32. The van der Waals surface area contributed by atoms with Crippen LogP contribution in [0.15, 0.2) is 33.9 Å². The van der Waals surface area contributed by atoms with Crippen LogP contribution >= 0.6 is 11.6 Å². The van der Waals surface area contributed by atoms with E-state index in [0.29, 0.717) is 12.0 Å². The quantitative estimate of drug-likeness (QED) is 0.874. The number of halogens is 1. The third-order valence-corrected chi connectivity index (χ3v) is 3.33. The zero-order valence-corrected chi connectivity index (χ0v) is 11.6. The number of benzene rings is 1. The molecule has 0 radical (unpaired) electrons. The van der Waals surface area contributed by atoms with Gasteiger partial charge >= 0.3 is 5.69 Å². The third-order valence-electron chi connectivity index (χ3n) is 3.01. The molecule has 1 aromatic carbocycles. The highest BCUT2D eigenvalue weighted by Gasteiger charge is 2.11. The average molecular weight is 279 g/mol. The molecule has 0 amide bonds. The Labute approximate surface area is 115 Å². The lowest BCUT2D eigenvalue weighted by Gasteiger charge is -2.08. The van der Waals surface area contributed by atoms with Crippen molar-refractivity contribution >= 4 is 11.6 Å². The van der Waals surface area contributed by atoms with Gasteiger partial charge in [-0.3, -0.25) is 14.3 Å². The molecule has 0 bridgehead atoms. The molecule has 0 aliphatic heterocycles. The number of aromatic nitrogens is 2. The summed E-state index contributed by atoms with van der Waals surface area (Å²) in [6, 6.07) is 7.71. The van der Waals surface area contributed by atoms with Crippen LogP contribution < -0.4 is 11.2 Å². The van der Waals surface area contributed by atoms with Crippen molar-refractivity contribution in [1.82, 2.24) is 9.55 Å². The second kappa shape index (κ2) is 5.45. The van der Waals surface area contributed by atoms with E-state index >= 15 is 0 Å². The van der Waals surface area contributed by atoms with Crippen molar-refractivity contribution in [3.63, 3.8) is 0 Å². The number of aromatic amines is 1. The molecule has 5 heteroatoms. The average Bonchev–Trinajstić information content (AvgIpc) is 2.35. The molecule has 0 fully saturated rings. The molecule has 0 unspecified atom stereocenters. The molecule has 0 aliphatic carbocycles. The van der Waals surface area contributed by atoms with Crippen molar-refractivity contribution in [1.29, 1.82) is 0 Å². The Morgan fingerprint density at radius 1 is 1.32 bits per heavy atom. The van der Waals surface area contributed by atoms with E-state index < -0.39 is 5.69 Å². The van der Waals surface area contributed by atoms with Gasteiger partial charge in [0.2, 0.25) is 0 Å². The molecule has 0 saturated heterocycles. The van der Waals surface area contributed by atoms with E-state index in [2.05, 4.69) is 4.98 Å². The number of hydrogen-bond acceptors (Lipinski definition) is 2. The lowest BCUT2D eigenvalue weighted by Crippen LogP contribution is -2.37. The van der Waals surface area contributed by atoms with Crippen LogP contribution in [0.2, 0.25) is 5.15 Å². The van der Waals surface area contributed by atoms with Gasteiger partial charge in [-0.15, -0.1) is 0 Å². The van der Waals surface area contributed by atoms with Gasteiger partial charge in [-0.2, -0.15) is 0 Å². The lowest BCUT2D eigenvalue weighted by atomic mass is 10.1. The Morgan fingerprint density at radius 3 is 2.68 bits per heavy atom. The SMILES string of the molecule is CCc1c(Cl)[nH]c(=O)n(Cc2cccc(C)c2)c1=O. The molecule has 0 atom stereocenters. The summed E-state index contributed by atoms with van der Waals surface area (Å²) < 4.78 is 1.18. The van der Waals surface area contributed by atoms with Crippen molar-refractivity contribution in [3.05, 3.63) is 66.9 Å². The monoisotopic (exact) mass is 278 g/mol. The fourth-order valence-electron chi connectivity index (χ4n) is 2.03. The molecule has 1 aromatic heterocycles. The Kier molecular flexibility index (Phi) is 3.90. The minimum absolute atomic E-state index is 0.137. The zero-order chi connectivity index (χ0) is 14.0. The van der Waals surface area contributed by atoms with Gasteiger partial charge in [-0.1, -0.05) is 48.4 Å². The van der Waals surface area contributed by atoms with Gasteiger partial charge in [0.1, 0.15) is 5.15 Å². The van der Waals surface area contributed by atoms with Gasteiger partial charge in [-0.05, 0) is 18.9 Å². The summed E-state index contributed by atoms with van der Waals surface area (Å²) in [4.78, 5) is 26.5. The summed E-state index contributed by atoms with van der Waals surface area (Å²) >= 11 is 5.87. The van der Waals surface area contributed by atoms with Crippen LogP contribution in [0.5, 0.6) is 0 Å². The minimum Gasteiger partial charge on any atom is -0.297 e. The molecular formula is C14H15ClN2O2. The first-order valence-corrected chi connectivity index (χ1v) is 6.47. The normalized spacial score (nSPS) is 10.7. The molecule has 1 N–H and O–H groups in total. The maximum atomic E-state index is 12.2. The van der Waals surface area contributed by atoms with Crippen LogP contribution in [0.4, 0.5) is 0 Å². The van der Waals surface area contributed by atoms with Crippen molar-refractivity contribution < 1.29 is 0 Å². The lowest BCUT2D eigenvalue weighted by molar-refractivity contribution is 0.686. The number of nitrogens with one attached hydrogen (secondary N) is 1. The number of rotatable bonds is 3. The van der Waals surface area contributed by atoms with Gasteiger partial charge in [0.15, 0.2) is 0 Å². The first-order chi connectivity index (χ1) is 9.02. The van der Waals surface area contributed by atoms with Gasteiger partial charge in [0.25, 0.3) is 5.56 Å². The largest absolute Gasteiger partial charge is 0.329 e. The van der Waals surface area contributed by atoms with Crippen molar-refractivity contribution in [3.8, 4) is 0 Å². The van der Waals surface area contributed by atoms with E-state index in [1.165, 1.54) is 4.57 Å². The van der Waals surface area contributed by atoms with Crippen LogP contribution in [0.25, 0.3) is 0 Å². The predicted octanol–water partition coefficient (Wildman–Crippen LogP) is 2.11. The van der Waals surface area contributed by atoms with E-state index in [0.717, 1.165) is 11.1 Å². The topological polar surface area (TPSA) is 54.9 Å². The summed E-state index contributed by atoms with van der Waals surface area (Å²) in [6.45, 7) is 4.05. The van der Waals surface area contributed by atoms with Crippen LogP contribution in [0.3, 0.4) is 0 Å². The van der Waals surface area contributed by atoms with Crippen molar-refractivity contribution in [2.45, 2.75) is 26.8 Å². The van der Waals surface area contributed by atoms with Gasteiger partial charge in [0, 0.05) is 0 Å². The molecule has 0 saturated carbocycles. The zero-order valence-electron chi connectivity index (χ0n) is 10.9. The van der Waals surface area contributed by atoms with Gasteiger partial charge < -0.3 is 0 Å². The number of hydrogen-bond donors (Lipinski definition) is 1. The van der Waals surface area contributed by atoms with Crippen LogP contribution in [-0.4, -0.2) is 9.55 Å². The first-order valence-electron chi connectivity index (χ1n) is 6.10. The summed E-state index contributed by atoms with van der Waals surface area (Å²) in [5.41, 5.74) is 1.64. The molecule has 100 valence electrons. The number of nitrogens with zero attached hydrogens (tertiary/aromatic N) is 1.